The van der Waals surface area contributed by atoms with Crippen molar-refractivity contribution in [2.24, 2.45) is 0 Å². The van der Waals surface area contributed by atoms with Crippen LogP contribution in [0, 0.1) is 0 Å². The normalized spacial score (nSPS) is 10.1. The van der Waals surface area contributed by atoms with Crippen molar-refractivity contribution in [3.8, 4) is 11.1 Å². The first-order valence-corrected chi connectivity index (χ1v) is 6.05. The van der Waals surface area contributed by atoms with Crippen molar-refractivity contribution in [3.63, 3.8) is 0 Å². The van der Waals surface area contributed by atoms with E-state index >= 15 is 0 Å². The number of benzene rings is 2. The van der Waals surface area contributed by atoms with Gasteiger partial charge in [0.25, 0.3) is 0 Å². The lowest BCUT2D eigenvalue weighted by Crippen LogP contribution is -2.13. The Hall–Kier alpha value is -2.00. The van der Waals surface area contributed by atoms with E-state index < -0.39 is 0 Å². The van der Waals surface area contributed by atoms with Crippen LogP contribution in [0.5, 0.6) is 0 Å². The van der Waals surface area contributed by atoms with Crippen LogP contribution in [-0.2, 0) is 4.79 Å². The predicted molar refractivity (Wildman–Crippen MR) is 75.6 cm³/mol. The zero-order chi connectivity index (χ0) is 13.0. The van der Waals surface area contributed by atoms with E-state index in [4.69, 9.17) is 17.3 Å². The topological polar surface area (TPSA) is 55.1 Å². The Balaban J connectivity index is 2.28. The maximum absolute atomic E-state index is 11.2. The second-order valence-corrected chi connectivity index (χ2v) is 4.12. The fraction of sp³-hybridized carbons (Fsp3) is 0.0714. The van der Waals surface area contributed by atoms with E-state index in [0.717, 1.165) is 11.1 Å². The monoisotopic (exact) mass is 260 g/mol. The van der Waals surface area contributed by atoms with Gasteiger partial charge in [-0.25, -0.2) is 0 Å². The molecule has 2 aromatic carbocycles. The Morgan fingerprint density at radius 2 is 1.83 bits per heavy atom. The number of alkyl halides is 1. The van der Waals surface area contributed by atoms with Crippen LogP contribution in [0.1, 0.15) is 0 Å². The highest BCUT2D eigenvalue weighted by molar-refractivity contribution is 6.29. The van der Waals surface area contributed by atoms with E-state index in [-0.39, 0.29) is 11.8 Å². The van der Waals surface area contributed by atoms with Gasteiger partial charge in [0, 0.05) is 0 Å². The van der Waals surface area contributed by atoms with Gasteiger partial charge >= 0.3 is 0 Å². The minimum atomic E-state index is -0.268. The van der Waals surface area contributed by atoms with Crippen LogP contribution in [0.4, 0.5) is 11.4 Å². The number of nitrogen functional groups attached to an aromatic ring is 1. The van der Waals surface area contributed by atoms with Crippen molar-refractivity contribution in [3.05, 3.63) is 48.5 Å². The molecule has 0 spiro atoms. The fourth-order valence-electron chi connectivity index (χ4n) is 1.67. The summed E-state index contributed by atoms with van der Waals surface area (Å²) < 4.78 is 0. The molecule has 92 valence electrons. The van der Waals surface area contributed by atoms with E-state index in [9.17, 15) is 4.79 Å². The van der Waals surface area contributed by atoms with Gasteiger partial charge in [-0.1, -0.05) is 36.4 Å². The lowest BCUT2D eigenvalue weighted by atomic mass is 10.0. The Bertz CT molecular complexity index is 555. The molecule has 1 amide bonds. The second-order valence-electron chi connectivity index (χ2n) is 3.85. The Morgan fingerprint density at radius 3 is 2.44 bits per heavy atom. The molecule has 0 aliphatic rings. The highest BCUT2D eigenvalue weighted by atomic mass is 35.5. The van der Waals surface area contributed by atoms with E-state index in [1.54, 1.807) is 6.07 Å². The molecule has 0 heterocycles. The van der Waals surface area contributed by atoms with Crippen LogP contribution in [0.25, 0.3) is 11.1 Å². The molecule has 0 fully saturated rings. The highest BCUT2D eigenvalue weighted by Gasteiger charge is 2.05. The van der Waals surface area contributed by atoms with Gasteiger partial charge < -0.3 is 11.1 Å². The number of carbonyl (C=O) groups excluding carboxylic acids is 1. The van der Waals surface area contributed by atoms with Gasteiger partial charge in [0.1, 0.15) is 5.88 Å². The molecule has 0 bridgehead atoms. The summed E-state index contributed by atoms with van der Waals surface area (Å²) in [5.74, 6) is -0.351. The third-order valence-electron chi connectivity index (χ3n) is 2.55. The van der Waals surface area contributed by atoms with E-state index in [1.807, 2.05) is 42.5 Å². The fourth-order valence-corrected chi connectivity index (χ4v) is 1.74. The van der Waals surface area contributed by atoms with E-state index in [1.165, 1.54) is 0 Å². The van der Waals surface area contributed by atoms with Crippen LogP contribution in [-0.4, -0.2) is 11.8 Å². The number of nitrogens with two attached hydrogens (primary N) is 1. The van der Waals surface area contributed by atoms with Crippen molar-refractivity contribution in [1.82, 2.24) is 0 Å². The molecule has 0 atom stereocenters. The van der Waals surface area contributed by atoms with Crippen LogP contribution in [0.2, 0.25) is 0 Å². The van der Waals surface area contributed by atoms with Gasteiger partial charge in [0.05, 0.1) is 11.4 Å². The molecule has 0 saturated carbocycles. The first kappa shape index (κ1) is 12.5. The third kappa shape index (κ3) is 2.81. The summed E-state index contributed by atoms with van der Waals surface area (Å²) in [5, 5.41) is 2.64. The lowest BCUT2D eigenvalue weighted by molar-refractivity contribution is -0.113. The molecule has 0 unspecified atom stereocenters. The number of rotatable bonds is 3. The summed E-state index contributed by atoms with van der Waals surface area (Å²) in [6, 6.07) is 15.4. The first-order chi connectivity index (χ1) is 8.70. The molecule has 3 nitrogen and oxygen atoms in total. The number of nitrogens with one attached hydrogen (secondary N) is 1. The summed E-state index contributed by atoms with van der Waals surface area (Å²) in [6.45, 7) is 0. The molecule has 0 aromatic heterocycles. The molecule has 2 rings (SSSR count). The van der Waals surface area contributed by atoms with Gasteiger partial charge in [0.2, 0.25) is 5.91 Å². The summed E-state index contributed by atoms with van der Waals surface area (Å²) in [7, 11) is 0. The standard InChI is InChI=1S/C14H13ClN2O/c15-9-14(18)17-13-7-6-11(8-12(13)16)10-4-2-1-3-5-10/h1-8H,9,16H2,(H,17,18). The van der Waals surface area contributed by atoms with Crippen molar-refractivity contribution in [2.45, 2.75) is 0 Å². The minimum absolute atomic E-state index is 0.0835. The molecular weight excluding hydrogens is 248 g/mol. The number of anilines is 2. The first-order valence-electron chi connectivity index (χ1n) is 5.51. The molecule has 4 heteroatoms. The molecule has 0 saturated heterocycles. The third-order valence-corrected chi connectivity index (χ3v) is 2.80. The second kappa shape index (κ2) is 5.56. The lowest BCUT2D eigenvalue weighted by Gasteiger charge is -2.09. The van der Waals surface area contributed by atoms with Gasteiger partial charge in [0.15, 0.2) is 0 Å². The summed E-state index contributed by atoms with van der Waals surface area (Å²) in [6.07, 6.45) is 0. The molecular formula is C14H13ClN2O. The molecule has 2 aromatic rings. The average Bonchev–Trinajstić information content (AvgIpc) is 2.42. The summed E-state index contributed by atoms with van der Waals surface area (Å²) in [4.78, 5) is 11.2. The maximum atomic E-state index is 11.2. The van der Waals surface area contributed by atoms with Crippen molar-refractivity contribution >= 4 is 28.9 Å². The quantitative estimate of drug-likeness (QED) is 0.658. The number of hydrogen-bond acceptors (Lipinski definition) is 2. The molecule has 18 heavy (non-hydrogen) atoms. The van der Waals surface area contributed by atoms with Gasteiger partial charge in [-0.3, -0.25) is 4.79 Å². The van der Waals surface area contributed by atoms with Gasteiger partial charge in [-0.2, -0.15) is 0 Å². The van der Waals surface area contributed by atoms with E-state index in [0.29, 0.717) is 11.4 Å². The van der Waals surface area contributed by atoms with Crippen molar-refractivity contribution in [2.75, 3.05) is 16.9 Å². The number of hydrogen-bond donors (Lipinski definition) is 2. The largest absolute Gasteiger partial charge is 0.397 e. The van der Waals surface area contributed by atoms with Crippen LogP contribution in [0.3, 0.4) is 0 Å². The average molecular weight is 261 g/mol. The number of halogens is 1. The number of carbonyl (C=O) groups is 1. The minimum Gasteiger partial charge on any atom is -0.397 e. The Labute approximate surface area is 111 Å². The highest BCUT2D eigenvalue weighted by Crippen LogP contribution is 2.26. The Kier molecular flexibility index (Phi) is 3.85. The molecule has 0 aliphatic carbocycles. The van der Waals surface area contributed by atoms with Crippen molar-refractivity contribution < 1.29 is 4.79 Å². The molecule has 3 N–H and O–H groups in total. The Morgan fingerprint density at radius 1 is 1.11 bits per heavy atom. The smallest absolute Gasteiger partial charge is 0.239 e. The zero-order valence-electron chi connectivity index (χ0n) is 9.69. The van der Waals surface area contributed by atoms with E-state index in [2.05, 4.69) is 5.32 Å². The number of amides is 1. The van der Waals surface area contributed by atoms with Crippen molar-refractivity contribution in [1.29, 1.82) is 0 Å². The summed E-state index contributed by atoms with van der Waals surface area (Å²) in [5.41, 5.74) is 9.10. The van der Waals surface area contributed by atoms with Crippen LogP contribution >= 0.6 is 11.6 Å². The van der Waals surface area contributed by atoms with Crippen LogP contribution < -0.4 is 11.1 Å². The van der Waals surface area contributed by atoms with Gasteiger partial charge in [-0.05, 0) is 23.3 Å². The molecule has 0 radical (unpaired) electrons. The zero-order valence-corrected chi connectivity index (χ0v) is 10.4. The maximum Gasteiger partial charge on any atom is 0.239 e. The summed E-state index contributed by atoms with van der Waals surface area (Å²) >= 11 is 5.43. The van der Waals surface area contributed by atoms with Gasteiger partial charge in [-0.15, -0.1) is 11.6 Å². The SMILES string of the molecule is Nc1cc(-c2ccccc2)ccc1NC(=O)CCl. The predicted octanol–water partition coefficient (Wildman–Crippen LogP) is 3.11. The van der Waals surface area contributed by atoms with Crippen LogP contribution in [0.15, 0.2) is 48.5 Å². The molecule has 0 aliphatic heterocycles.